The van der Waals surface area contributed by atoms with Crippen molar-refractivity contribution < 1.29 is 0 Å². The van der Waals surface area contributed by atoms with Crippen LogP contribution in [-0.2, 0) is 0 Å². The van der Waals surface area contributed by atoms with Crippen molar-refractivity contribution in [3.63, 3.8) is 0 Å². The van der Waals surface area contributed by atoms with Crippen LogP contribution in [0.1, 0.15) is 52.4 Å². The lowest BCUT2D eigenvalue weighted by Crippen LogP contribution is -2.53. The second-order valence-electron chi connectivity index (χ2n) is 6.42. The molecule has 0 bridgehead atoms. The number of rotatable bonds is 2. The standard InChI is InChI=1S/C14H28N2/c1-14(2)9-5-4-8-13(14)16(3)12-7-6-10-15-11-12/h12-13,15H,4-11H2,1-3H3. The molecule has 0 amide bonds. The number of likely N-dealkylation sites (N-methyl/N-ethyl adjacent to an activating group) is 1. The SMILES string of the molecule is CN(C1CCCNC1)C1CCCCC1(C)C. The lowest BCUT2D eigenvalue weighted by molar-refractivity contribution is 0.0308. The lowest BCUT2D eigenvalue weighted by atomic mass is 9.72. The van der Waals surface area contributed by atoms with Crippen LogP contribution in [-0.4, -0.2) is 37.1 Å². The molecular weight excluding hydrogens is 196 g/mol. The summed E-state index contributed by atoms with van der Waals surface area (Å²) in [6, 6.07) is 1.57. The monoisotopic (exact) mass is 224 g/mol. The average Bonchev–Trinajstić information content (AvgIpc) is 2.29. The molecule has 1 heterocycles. The largest absolute Gasteiger partial charge is 0.315 e. The van der Waals surface area contributed by atoms with Gasteiger partial charge in [0.15, 0.2) is 0 Å². The zero-order chi connectivity index (χ0) is 11.6. The molecule has 2 heteroatoms. The highest BCUT2D eigenvalue weighted by molar-refractivity contribution is 4.92. The number of hydrogen-bond donors (Lipinski definition) is 1. The molecule has 2 fully saturated rings. The van der Waals surface area contributed by atoms with E-state index in [9.17, 15) is 0 Å². The predicted molar refractivity (Wildman–Crippen MR) is 69.7 cm³/mol. The summed E-state index contributed by atoms with van der Waals surface area (Å²) in [6.45, 7) is 7.34. The summed E-state index contributed by atoms with van der Waals surface area (Å²) < 4.78 is 0. The molecule has 1 N–H and O–H groups in total. The Labute approximate surface area is 101 Å². The van der Waals surface area contributed by atoms with Crippen LogP contribution in [0.4, 0.5) is 0 Å². The highest BCUT2D eigenvalue weighted by Gasteiger charge is 2.37. The molecule has 1 saturated carbocycles. The number of nitrogens with one attached hydrogen (secondary N) is 1. The first-order chi connectivity index (χ1) is 7.61. The lowest BCUT2D eigenvalue weighted by Gasteiger charge is -2.47. The second kappa shape index (κ2) is 5.05. The van der Waals surface area contributed by atoms with Crippen LogP contribution in [0.2, 0.25) is 0 Å². The summed E-state index contributed by atoms with van der Waals surface area (Å²) in [4.78, 5) is 2.69. The van der Waals surface area contributed by atoms with Crippen LogP contribution in [0, 0.1) is 5.41 Å². The fraction of sp³-hybridized carbons (Fsp3) is 1.00. The first-order valence-electron chi connectivity index (χ1n) is 7.04. The minimum atomic E-state index is 0.518. The third kappa shape index (κ3) is 2.60. The van der Waals surface area contributed by atoms with Crippen LogP contribution >= 0.6 is 0 Å². The minimum absolute atomic E-state index is 0.518. The average molecular weight is 224 g/mol. The first kappa shape index (κ1) is 12.4. The van der Waals surface area contributed by atoms with Crippen LogP contribution in [0.5, 0.6) is 0 Å². The van der Waals surface area contributed by atoms with Gasteiger partial charge in [0.05, 0.1) is 0 Å². The first-order valence-corrected chi connectivity index (χ1v) is 7.04. The molecule has 0 spiro atoms. The molecule has 2 unspecified atom stereocenters. The van der Waals surface area contributed by atoms with Crippen molar-refractivity contribution in [3.8, 4) is 0 Å². The van der Waals surface area contributed by atoms with E-state index in [4.69, 9.17) is 0 Å². The van der Waals surface area contributed by atoms with E-state index in [-0.39, 0.29) is 0 Å². The van der Waals surface area contributed by atoms with Gasteiger partial charge in [0.2, 0.25) is 0 Å². The van der Waals surface area contributed by atoms with Crippen LogP contribution in [0.15, 0.2) is 0 Å². The summed E-state index contributed by atoms with van der Waals surface area (Å²) >= 11 is 0. The Morgan fingerprint density at radius 1 is 1.12 bits per heavy atom. The Balaban J connectivity index is 1.98. The molecule has 2 rings (SSSR count). The topological polar surface area (TPSA) is 15.3 Å². The number of piperidine rings is 1. The van der Waals surface area contributed by atoms with Crippen molar-refractivity contribution >= 4 is 0 Å². The van der Waals surface area contributed by atoms with Crippen LogP contribution < -0.4 is 5.32 Å². The fourth-order valence-corrected chi connectivity index (χ4v) is 3.67. The van der Waals surface area contributed by atoms with Crippen molar-refractivity contribution in [2.24, 2.45) is 5.41 Å². The molecule has 0 radical (unpaired) electrons. The fourth-order valence-electron chi connectivity index (χ4n) is 3.67. The second-order valence-corrected chi connectivity index (χ2v) is 6.42. The van der Waals surface area contributed by atoms with E-state index in [1.54, 1.807) is 0 Å². The van der Waals surface area contributed by atoms with Crippen molar-refractivity contribution in [2.75, 3.05) is 20.1 Å². The maximum absolute atomic E-state index is 3.54. The summed E-state index contributed by atoms with van der Waals surface area (Å²) in [5, 5.41) is 3.54. The van der Waals surface area contributed by atoms with Crippen molar-refractivity contribution in [2.45, 2.75) is 64.5 Å². The molecule has 0 aromatic heterocycles. The van der Waals surface area contributed by atoms with E-state index in [1.807, 2.05) is 0 Å². The number of hydrogen-bond acceptors (Lipinski definition) is 2. The Morgan fingerprint density at radius 3 is 2.56 bits per heavy atom. The predicted octanol–water partition coefficient (Wildman–Crippen LogP) is 2.64. The van der Waals surface area contributed by atoms with Crippen molar-refractivity contribution in [1.29, 1.82) is 0 Å². The van der Waals surface area contributed by atoms with Gasteiger partial charge in [-0.15, -0.1) is 0 Å². The molecule has 0 aromatic rings. The van der Waals surface area contributed by atoms with Gasteiger partial charge in [-0.05, 0) is 44.7 Å². The van der Waals surface area contributed by atoms with Crippen LogP contribution in [0.3, 0.4) is 0 Å². The molecule has 1 aliphatic carbocycles. The highest BCUT2D eigenvalue weighted by Crippen LogP contribution is 2.39. The van der Waals surface area contributed by atoms with Gasteiger partial charge in [0.1, 0.15) is 0 Å². The summed E-state index contributed by atoms with van der Waals surface area (Å²) in [5.41, 5.74) is 0.518. The third-order valence-corrected chi connectivity index (χ3v) is 4.79. The van der Waals surface area contributed by atoms with Gasteiger partial charge in [0, 0.05) is 18.6 Å². The van der Waals surface area contributed by atoms with Crippen molar-refractivity contribution in [3.05, 3.63) is 0 Å². The zero-order valence-corrected chi connectivity index (χ0v) is 11.3. The molecule has 0 aromatic carbocycles. The van der Waals surface area contributed by atoms with E-state index in [2.05, 4.69) is 31.1 Å². The van der Waals surface area contributed by atoms with Gasteiger partial charge in [-0.25, -0.2) is 0 Å². The van der Waals surface area contributed by atoms with Gasteiger partial charge < -0.3 is 5.32 Å². The number of nitrogens with zero attached hydrogens (tertiary/aromatic N) is 1. The van der Waals surface area contributed by atoms with E-state index in [0.717, 1.165) is 12.1 Å². The highest BCUT2D eigenvalue weighted by atomic mass is 15.2. The molecule has 2 atom stereocenters. The molecule has 1 saturated heterocycles. The van der Waals surface area contributed by atoms with Gasteiger partial charge in [-0.3, -0.25) is 4.90 Å². The van der Waals surface area contributed by atoms with E-state index in [1.165, 1.54) is 51.6 Å². The van der Waals surface area contributed by atoms with Crippen molar-refractivity contribution in [1.82, 2.24) is 10.2 Å². The smallest absolute Gasteiger partial charge is 0.0221 e. The van der Waals surface area contributed by atoms with Crippen LogP contribution in [0.25, 0.3) is 0 Å². The molecule has 2 nitrogen and oxygen atoms in total. The Bertz CT molecular complexity index is 219. The van der Waals surface area contributed by atoms with E-state index in [0.29, 0.717) is 5.41 Å². The van der Waals surface area contributed by atoms with E-state index >= 15 is 0 Å². The molecule has 1 aliphatic heterocycles. The summed E-state index contributed by atoms with van der Waals surface area (Å²) in [5.74, 6) is 0. The van der Waals surface area contributed by atoms with Gasteiger partial charge in [-0.2, -0.15) is 0 Å². The normalized spacial score (nSPS) is 35.2. The maximum Gasteiger partial charge on any atom is 0.0221 e. The zero-order valence-electron chi connectivity index (χ0n) is 11.3. The third-order valence-electron chi connectivity index (χ3n) is 4.79. The quantitative estimate of drug-likeness (QED) is 0.776. The summed E-state index contributed by atoms with van der Waals surface area (Å²) in [6.07, 6.45) is 8.40. The molecular formula is C14H28N2. The Morgan fingerprint density at radius 2 is 1.94 bits per heavy atom. The van der Waals surface area contributed by atoms with Gasteiger partial charge in [0.25, 0.3) is 0 Å². The Hall–Kier alpha value is -0.0800. The van der Waals surface area contributed by atoms with Gasteiger partial charge in [-0.1, -0.05) is 26.7 Å². The molecule has 2 aliphatic rings. The molecule has 16 heavy (non-hydrogen) atoms. The minimum Gasteiger partial charge on any atom is -0.315 e. The van der Waals surface area contributed by atoms with Gasteiger partial charge >= 0.3 is 0 Å². The maximum atomic E-state index is 3.54. The molecule has 94 valence electrons. The Kier molecular flexibility index (Phi) is 3.91. The summed E-state index contributed by atoms with van der Waals surface area (Å²) in [7, 11) is 2.36. The van der Waals surface area contributed by atoms with E-state index < -0.39 is 0 Å².